The minimum absolute atomic E-state index is 0.0421. The van der Waals surface area contributed by atoms with Gasteiger partial charge in [-0.1, -0.05) is 0 Å². The number of amides is 1. The van der Waals surface area contributed by atoms with E-state index >= 15 is 0 Å². The Bertz CT molecular complexity index is 1250. The molecular weight excluding hydrogens is 463 g/mol. The van der Waals surface area contributed by atoms with Gasteiger partial charge in [0.2, 0.25) is 5.91 Å². The summed E-state index contributed by atoms with van der Waals surface area (Å²) in [5.41, 5.74) is 3.43. The molecule has 3 aromatic rings. The van der Waals surface area contributed by atoms with Crippen molar-refractivity contribution < 1.29 is 18.7 Å². The molecule has 0 atom stereocenters. The van der Waals surface area contributed by atoms with Crippen molar-refractivity contribution in [2.24, 2.45) is 7.05 Å². The molecule has 5 rings (SSSR count). The molecule has 0 radical (unpaired) electrons. The van der Waals surface area contributed by atoms with Gasteiger partial charge in [-0.2, -0.15) is 5.10 Å². The van der Waals surface area contributed by atoms with Gasteiger partial charge in [0.05, 0.1) is 30.7 Å². The second kappa shape index (κ2) is 10.1. The van der Waals surface area contributed by atoms with Crippen molar-refractivity contribution in [3.05, 3.63) is 47.8 Å². The Hall–Kier alpha value is -3.69. The summed E-state index contributed by atoms with van der Waals surface area (Å²) in [7, 11) is 1.87. The highest BCUT2D eigenvalue weighted by molar-refractivity contribution is 5.74. The maximum Gasteiger partial charge on any atom is 0.219 e. The minimum Gasteiger partial charge on any atom is -0.494 e. The lowest BCUT2D eigenvalue weighted by molar-refractivity contribution is -0.129. The van der Waals surface area contributed by atoms with Gasteiger partial charge in [-0.25, -0.2) is 14.4 Å². The largest absolute Gasteiger partial charge is 0.494 e. The van der Waals surface area contributed by atoms with Crippen LogP contribution in [0.3, 0.4) is 0 Å². The van der Waals surface area contributed by atoms with Crippen LogP contribution in [0.4, 0.5) is 10.2 Å². The molecule has 2 aliphatic rings. The molecule has 1 amide bonds. The molecule has 2 aliphatic heterocycles. The van der Waals surface area contributed by atoms with E-state index < -0.39 is 5.82 Å². The van der Waals surface area contributed by atoms with E-state index in [1.807, 2.05) is 20.2 Å². The normalized spacial score (nSPS) is 16.1. The van der Waals surface area contributed by atoms with Crippen molar-refractivity contribution in [1.29, 1.82) is 0 Å². The first-order valence-electron chi connectivity index (χ1n) is 12.4. The van der Waals surface area contributed by atoms with Crippen LogP contribution < -0.4 is 14.4 Å². The van der Waals surface area contributed by atoms with Crippen molar-refractivity contribution in [2.75, 3.05) is 31.1 Å². The molecule has 1 fully saturated rings. The molecule has 0 saturated carbocycles. The number of benzene rings is 1. The fourth-order valence-corrected chi connectivity index (χ4v) is 4.75. The summed E-state index contributed by atoms with van der Waals surface area (Å²) in [5.74, 6) is 1.20. The third-order valence-corrected chi connectivity index (χ3v) is 6.66. The molecule has 0 aliphatic carbocycles. The Balaban J connectivity index is 1.34. The number of ether oxygens (including phenoxy) is 2. The zero-order chi connectivity index (χ0) is 25.2. The molecular formula is C26H31FN6O3. The zero-order valence-electron chi connectivity index (χ0n) is 20.9. The van der Waals surface area contributed by atoms with Crippen LogP contribution in [0.2, 0.25) is 0 Å². The summed E-state index contributed by atoms with van der Waals surface area (Å²) in [6.45, 7) is 6.47. The first kappa shape index (κ1) is 24.0. The quantitative estimate of drug-likeness (QED) is 0.519. The topological polar surface area (TPSA) is 85.6 Å². The predicted octanol–water partition coefficient (Wildman–Crippen LogP) is 3.37. The zero-order valence-corrected chi connectivity index (χ0v) is 20.9. The molecule has 1 saturated heterocycles. The van der Waals surface area contributed by atoms with E-state index in [2.05, 4.69) is 10.00 Å². The Labute approximate surface area is 209 Å². The highest BCUT2D eigenvalue weighted by atomic mass is 19.1. The maximum atomic E-state index is 14.5. The summed E-state index contributed by atoms with van der Waals surface area (Å²) in [6, 6.07) is 4.73. The smallest absolute Gasteiger partial charge is 0.219 e. The lowest BCUT2D eigenvalue weighted by Crippen LogP contribution is -2.40. The second-order valence-corrected chi connectivity index (χ2v) is 9.21. The highest BCUT2D eigenvalue weighted by Gasteiger charge is 2.29. The number of anilines is 1. The number of hydrogen-bond donors (Lipinski definition) is 0. The molecule has 1 aromatic carbocycles. The van der Waals surface area contributed by atoms with E-state index in [1.54, 1.807) is 34.8 Å². The number of carbonyl (C=O) groups excluding carboxylic acids is 1. The van der Waals surface area contributed by atoms with E-state index in [4.69, 9.17) is 19.4 Å². The molecule has 2 aromatic heterocycles. The second-order valence-electron chi connectivity index (χ2n) is 9.21. The summed E-state index contributed by atoms with van der Waals surface area (Å²) in [4.78, 5) is 26.0. The van der Waals surface area contributed by atoms with Crippen LogP contribution in [0.15, 0.2) is 30.6 Å². The Kier molecular flexibility index (Phi) is 6.75. The number of nitrogens with zero attached hydrogens (tertiary/aromatic N) is 6. The number of fused-ring (bicyclic) bond motifs is 1. The average Bonchev–Trinajstić information content (AvgIpc) is 3.31. The number of rotatable bonds is 6. The minimum atomic E-state index is -0.414. The summed E-state index contributed by atoms with van der Waals surface area (Å²) in [5, 5.41) is 4.32. The lowest BCUT2D eigenvalue weighted by atomic mass is 10.1. The third kappa shape index (κ3) is 4.98. The Morgan fingerprint density at radius 2 is 1.97 bits per heavy atom. The molecule has 4 heterocycles. The van der Waals surface area contributed by atoms with Crippen LogP contribution in [0, 0.1) is 5.82 Å². The summed E-state index contributed by atoms with van der Waals surface area (Å²) < 4.78 is 27.6. The van der Waals surface area contributed by atoms with Gasteiger partial charge in [0.25, 0.3) is 0 Å². The number of aromatic nitrogens is 4. The third-order valence-electron chi connectivity index (χ3n) is 6.66. The van der Waals surface area contributed by atoms with Crippen LogP contribution in [0.25, 0.3) is 11.3 Å². The Morgan fingerprint density at radius 3 is 2.64 bits per heavy atom. The molecule has 9 nitrogen and oxygen atoms in total. The monoisotopic (exact) mass is 494 g/mol. The predicted molar refractivity (Wildman–Crippen MR) is 132 cm³/mol. The van der Waals surface area contributed by atoms with Gasteiger partial charge in [-0.3, -0.25) is 9.48 Å². The van der Waals surface area contributed by atoms with Gasteiger partial charge in [0.1, 0.15) is 17.5 Å². The fourth-order valence-electron chi connectivity index (χ4n) is 4.75. The van der Waals surface area contributed by atoms with Crippen LogP contribution >= 0.6 is 0 Å². The number of carbonyl (C=O) groups is 1. The summed E-state index contributed by atoms with van der Waals surface area (Å²) in [6.07, 6.45) is 5.77. The number of piperidine rings is 1. The van der Waals surface area contributed by atoms with Crippen molar-refractivity contribution in [2.45, 2.75) is 45.8 Å². The molecule has 190 valence electrons. The van der Waals surface area contributed by atoms with E-state index in [9.17, 15) is 9.18 Å². The molecule has 10 heteroatoms. The molecule has 36 heavy (non-hydrogen) atoms. The van der Waals surface area contributed by atoms with Crippen LogP contribution in [0.5, 0.6) is 11.5 Å². The van der Waals surface area contributed by atoms with Gasteiger partial charge in [0.15, 0.2) is 17.4 Å². The lowest BCUT2D eigenvalue weighted by Gasteiger charge is -2.35. The Morgan fingerprint density at radius 1 is 1.17 bits per heavy atom. The van der Waals surface area contributed by atoms with E-state index in [0.29, 0.717) is 45.0 Å². The van der Waals surface area contributed by atoms with Crippen molar-refractivity contribution >= 4 is 11.7 Å². The van der Waals surface area contributed by atoms with Gasteiger partial charge < -0.3 is 19.3 Å². The maximum absolute atomic E-state index is 14.5. The van der Waals surface area contributed by atoms with Gasteiger partial charge in [0, 0.05) is 70.7 Å². The van der Waals surface area contributed by atoms with Crippen molar-refractivity contribution in [1.82, 2.24) is 24.6 Å². The number of aryl methyl sites for hydroxylation is 1. The SMILES string of the molecule is CCOc1ccc(OC2CCN(c3nc4c(nc3-c3cnn(C)c3)CN(C(C)=O)CC4)CC2)c(F)c1. The number of hydrogen-bond acceptors (Lipinski definition) is 7. The highest BCUT2D eigenvalue weighted by Crippen LogP contribution is 2.33. The molecule has 0 unspecified atom stereocenters. The van der Waals surface area contributed by atoms with Gasteiger partial charge in [-0.15, -0.1) is 0 Å². The van der Waals surface area contributed by atoms with Gasteiger partial charge in [-0.05, 0) is 19.1 Å². The van der Waals surface area contributed by atoms with Gasteiger partial charge >= 0.3 is 0 Å². The molecule has 0 N–H and O–H groups in total. The van der Waals surface area contributed by atoms with E-state index in [0.717, 1.165) is 41.3 Å². The molecule has 0 spiro atoms. The fraction of sp³-hybridized carbons (Fsp3) is 0.462. The van der Waals surface area contributed by atoms with Crippen molar-refractivity contribution in [3.8, 4) is 22.8 Å². The number of halogens is 1. The standard InChI is InChI=1S/C26H31FN6O3/c1-4-35-20-5-6-24(21(27)13-20)36-19-7-10-32(11-8-19)26-25(18-14-28-31(3)15-18)29-23-16-33(17(2)34)12-9-22(23)30-26/h5-6,13-15,19H,4,7-12,16H2,1-3H3. The molecule has 0 bridgehead atoms. The average molecular weight is 495 g/mol. The van der Waals surface area contributed by atoms with E-state index in [-0.39, 0.29) is 17.8 Å². The van der Waals surface area contributed by atoms with Crippen molar-refractivity contribution in [3.63, 3.8) is 0 Å². The first-order valence-corrected chi connectivity index (χ1v) is 12.4. The van der Waals surface area contributed by atoms with Crippen LogP contribution in [0.1, 0.15) is 38.1 Å². The van der Waals surface area contributed by atoms with E-state index in [1.165, 1.54) is 6.07 Å². The van der Waals surface area contributed by atoms with Crippen LogP contribution in [-0.2, 0) is 24.8 Å². The first-order chi connectivity index (χ1) is 17.4. The van der Waals surface area contributed by atoms with Crippen LogP contribution in [-0.4, -0.2) is 62.9 Å². The summed E-state index contributed by atoms with van der Waals surface area (Å²) >= 11 is 0.